The molecule has 9 nitrogen and oxygen atoms in total. The first-order chi connectivity index (χ1) is 16.2. The predicted octanol–water partition coefficient (Wildman–Crippen LogP) is 3.30. The van der Waals surface area contributed by atoms with Crippen LogP contribution < -0.4 is 20.9 Å². The summed E-state index contributed by atoms with van der Waals surface area (Å²) >= 11 is 0. The molecule has 1 fully saturated rings. The van der Waals surface area contributed by atoms with Crippen LogP contribution in [0.3, 0.4) is 0 Å². The lowest BCUT2D eigenvalue weighted by atomic mass is 10.0. The van der Waals surface area contributed by atoms with E-state index in [0.29, 0.717) is 23.0 Å². The molecule has 0 saturated heterocycles. The average Bonchev–Trinajstić information content (AvgIpc) is 3.21. The van der Waals surface area contributed by atoms with Crippen molar-refractivity contribution in [2.75, 3.05) is 10.6 Å². The van der Waals surface area contributed by atoms with Gasteiger partial charge in [-0.2, -0.15) is 8.78 Å². The van der Waals surface area contributed by atoms with Gasteiger partial charge in [0.25, 0.3) is 5.56 Å². The third kappa shape index (κ3) is 5.66. The molecule has 0 radical (unpaired) electrons. The predicted molar refractivity (Wildman–Crippen MR) is 122 cm³/mol. The number of pyridine rings is 2. The summed E-state index contributed by atoms with van der Waals surface area (Å²) in [5.74, 6) is 0.953. The highest BCUT2D eigenvalue weighted by molar-refractivity contribution is 5.42. The van der Waals surface area contributed by atoms with Crippen LogP contribution in [0.5, 0.6) is 5.75 Å². The maximum Gasteiger partial charge on any atom is 0.387 e. The molecular formula is C23H26F2N6O3. The number of anilines is 2. The smallest absolute Gasteiger partial charge is 0.387 e. The SMILES string of the molecule is CC(C)(O)c1cccn(-c2ccc(N[C@H]3CC[C@H](Nc4ncc(OC(F)F)cn4)C3)nc2)c1=O. The summed E-state index contributed by atoms with van der Waals surface area (Å²) in [5.41, 5.74) is -0.626. The minimum absolute atomic E-state index is 0.0879. The van der Waals surface area contributed by atoms with Crippen molar-refractivity contribution in [3.63, 3.8) is 0 Å². The summed E-state index contributed by atoms with van der Waals surface area (Å²) in [5, 5.41) is 16.8. The van der Waals surface area contributed by atoms with Crippen molar-refractivity contribution in [2.24, 2.45) is 0 Å². The first kappa shape index (κ1) is 23.6. The van der Waals surface area contributed by atoms with E-state index < -0.39 is 12.2 Å². The van der Waals surface area contributed by atoms with Gasteiger partial charge in [-0.25, -0.2) is 15.0 Å². The Morgan fingerprint density at radius 3 is 2.41 bits per heavy atom. The standard InChI is InChI=1S/C23H26F2N6O3/c1-23(2,33)18-4-3-9-31(20(18)32)16-7-8-19(26-11-16)29-14-5-6-15(10-14)30-22-27-12-17(13-28-22)34-21(24)25/h3-4,7-9,11-15,21,33H,5-6,10H2,1-2H3,(H,26,29)(H,27,28,30)/t14-,15-/m0/s1. The van der Waals surface area contributed by atoms with Crippen LogP contribution >= 0.6 is 0 Å². The molecule has 0 aromatic carbocycles. The van der Waals surface area contributed by atoms with Crippen molar-refractivity contribution in [1.29, 1.82) is 0 Å². The Morgan fingerprint density at radius 2 is 1.79 bits per heavy atom. The highest BCUT2D eigenvalue weighted by Gasteiger charge is 2.25. The van der Waals surface area contributed by atoms with Crippen molar-refractivity contribution < 1.29 is 18.6 Å². The number of hydrogen-bond acceptors (Lipinski definition) is 8. The third-order valence-electron chi connectivity index (χ3n) is 5.60. The Kier molecular flexibility index (Phi) is 6.73. The van der Waals surface area contributed by atoms with Gasteiger partial charge in [0.15, 0.2) is 5.75 Å². The van der Waals surface area contributed by atoms with Gasteiger partial charge in [-0.3, -0.25) is 9.36 Å². The van der Waals surface area contributed by atoms with E-state index in [1.54, 1.807) is 44.4 Å². The van der Waals surface area contributed by atoms with Gasteiger partial charge in [-0.1, -0.05) is 0 Å². The molecular weight excluding hydrogens is 446 g/mol. The van der Waals surface area contributed by atoms with Crippen LogP contribution in [0.25, 0.3) is 5.69 Å². The van der Waals surface area contributed by atoms with Crippen molar-refractivity contribution in [1.82, 2.24) is 19.5 Å². The van der Waals surface area contributed by atoms with Crippen LogP contribution in [-0.4, -0.2) is 43.3 Å². The number of alkyl halides is 2. The fourth-order valence-electron chi connectivity index (χ4n) is 3.97. The molecule has 0 spiro atoms. The topological polar surface area (TPSA) is 114 Å². The zero-order valence-electron chi connectivity index (χ0n) is 18.8. The van der Waals surface area contributed by atoms with E-state index in [2.05, 4.69) is 30.3 Å². The average molecular weight is 472 g/mol. The quantitative estimate of drug-likeness (QED) is 0.458. The van der Waals surface area contributed by atoms with Gasteiger partial charge in [0.2, 0.25) is 5.95 Å². The monoisotopic (exact) mass is 472 g/mol. The Labute approximate surface area is 194 Å². The van der Waals surface area contributed by atoms with Crippen LogP contribution in [0.4, 0.5) is 20.5 Å². The Hall–Kier alpha value is -3.60. The summed E-state index contributed by atoms with van der Waals surface area (Å²) in [6, 6.07) is 7.25. The molecule has 4 rings (SSSR count). The van der Waals surface area contributed by atoms with Crippen LogP contribution in [0.2, 0.25) is 0 Å². The van der Waals surface area contributed by atoms with E-state index in [0.717, 1.165) is 19.3 Å². The summed E-state index contributed by atoms with van der Waals surface area (Å²) in [4.78, 5) is 25.2. The lowest BCUT2D eigenvalue weighted by Crippen LogP contribution is -2.30. The number of nitrogens with one attached hydrogen (secondary N) is 2. The van der Waals surface area contributed by atoms with Crippen LogP contribution in [0.15, 0.2) is 53.8 Å². The third-order valence-corrected chi connectivity index (χ3v) is 5.60. The molecule has 3 heterocycles. The summed E-state index contributed by atoms with van der Waals surface area (Å²) < 4.78 is 30.2. The van der Waals surface area contributed by atoms with Crippen molar-refractivity contribution in [2.45, 2.75) is 57.4 Å². The fraction of sp³-hybridized carbons (Fsp3) is 0.391. The normalized spacial score (nSPS) is 18.2. The Morgan fingerprint density at radius 1 is 1.09 bits per heavy atom. The Balaban J connectivity index is 1.35. The van der Waals surface area contributed by atoms with E-state index in [9.17, 15) is 18.7 Å². The molecule has 34 heavy (non-hydrogen) atoms. The summed E-state index contributed by atoms with van der Waals surface area (Å²) in [7, 11) is 0. The number of ether oxygens (including phenoxy) is 1. The highest BCUT2D eigenvalue weighted by atomic mass is 19.3. The van der Waals surface area contributed by atoms with Crippen LogP contribution in [0.1, 0.15) is 38.7 Å². The first-order valence-corrected chi connectivity index (χ1v) is 10.9. The number of hydrogen-bond donors (Lipinski definition) is 3. The number of aromatic nitrogens is 4. The number of halogens is 2. The molecule has 0 unspecified atom stereocenters. The molecule has 0 aliphatic heterocycles. The van der Waals surface area contributed by atoms with E-state index in [1.165, 1.54) is 17.0 Å². The molecule has 1 aliphatic rings. The molecule has 2 atom stereocenters. The maximum absolute atomic E-state index is 12.7. The molecule has 11 heteroatoms. The zero-order chi connectivity index (χ0) is 24.3. The lowest BCUT2D eigenvalue weighted by Gasteiger charge is -2.18. The first-order valence-electron chi connectivity index (χ1n) is 10.9. The van der Waals surface area contributed by atoms with Gasteiger partial charge >= 0.3 is 6.61 Å². The van der Waals surface area contributed by atoms with Gasteiger partial charge in [0.1, 0.15) is 5.82 Å². The second-order valence-corrected chi connectivity index (χ2v) is 8.67. The molecule has 0 bridgehead atoms. The van der Waals surface area contributed by atoms with Gasteiger partial charge in [-0.05, 0) is 57.4 Å². The van der Waals surface area contributed by atoms with E-state index >= 15 is 0 Å². The molecule has 1 saturated carbocycles. The van der Waals surface area contributed by atoms with Gasteiger partial charge in [-0.15, -0.1) is 0 Å². The lowest BCUT2D eigenvalue weighted by molar-refractivity contribution is -0.0503. The van der Waals surface area contributed by atoms with Crippen LogP contribution in [-0.2, 0) is 5.60 Å². The molecule has 3 aromatic rings. The van der Waals surface area contributed by atoms with Crippen molar-refractivity contribution in [3.05, 3.63) is 65.0 Å². The minimum Gasteiger partial charge on any atom is -0.432 e. The molecule has 3 aromatic heterocycles. The number of rotatable bonds is 8. The molecule has 1 aliphatic carbocycles. The Bertz CT molecular complexity index is 1160. The zero-order valence-corrected chi connectivity index (χ0v) is 18.8. The van der Waals surface area contributed by atoms with Gasteiger partial charge in [0.05, 0.1) is 29.9 Å². The van der Waals surface area contributed by atoms with Gasteiger partial charge in [0, 0.05) is 23.8 Å². The van der Waals surface area contributed by atoms with Crippen molar-refractivity contribution >= 4 is 11.8 Å². The van der Waals surface area contributed by atoms with E-state index in [-0.39, 0.29) is 23.4 Å². The molecule has 3 N–H and O–H groups in total. The van der Waals surface area contributed by atoms with Crippen molar-refractivity contribution in [3.8, 4) is 11.4 Å². The minimum atomic E-state index is -2.91. The number of aliphatic hydroxyl groups is 1. The fourth-order valence-corrected chi connectivity index (χ4v) is 3.97. The van der Waals surface area contributed by atoms with Crippen LogP contribution in [0, 0.1) is 0 Å². The van der Waals surface area contributed by atoms with Gasteiger partial charge < -0.3 is 20.5 Å². The second-order valence-electron chi connectivity index (χ2n) is 8.67. The van der Waals surface area contributed by atoms with E-state index in [1.807, 2.05) is 6.07 Å². The summed E-state index contributed by atoms with van der Waals surface area (Å²) in [6.07, 6.45) is 8.26. The molecule has 180 valence electrons. The van der Waals surface area contributed by atoms with E-state index in [4.69, 9.17) is 0 Å². The summed E-state index contributed by atoms with van der Waals surface area (Å²) in [6.45, 7) is 0.239. The number of nitrogens with zero attached hydrogens (tertiary/aromatic N) is 4. The second kappa shape index (κ2) is 9.72. The largest absolute Gasteiger partial charge is 0.432 e. The maximum atomic E-state index is 12.7. The molecule has 0 amide bonds. The highest BCUT2D eigenvalue weighted by Crippen LogP contribution is 2.25.